The highest BCUT2D eigenvalue weighted by Crippen LogP contribution is 2.37. The van der Waals surface area contributed by atoms with Crippen molar-refractivity contribution < 1.29 is 9.59 Å². The summed E-state index contributed by atoms with van der Waals surface area (Å²) in [6.45, 7) is 2.01. The van der Waals surface area contributed by atoms with Crippen LogP contribution in [0.3, 0.4) is 0 Å². The molecule has 0 aliphatic heterocycles. The summed E-state index contributed by atoms with van der Waals surface area (Å²) in [4.78, 5) is 28.0. The van der Waals surface area contributed by atoms with E-state index in [0.717, 1.165) is 11.8 Å². The van der Waals surface area contributed by atoms with Gasteiger partial charge in [0.05, 0.1) is 11.1 Å². The van der Waals surface area contributed by atoms with Gasteiger partial charge in [-0.3, -0.25) is 25.4 Å². The third kappa shape index (κ3) is 2.34. The number of hydrogen-bond acceptors (Lipinski definition) is 3. The van der Waals surface area contributed by atoms with E-state index in [-0.39, 0.29) is 17.7 Å². The molecule has 0 bridgehead atoms. The number of rotatable bonds is 2. The zero-order valence-electron chi connectivity index (χ0n) is 11.1. The van der Waals surface area contributed by atoms with Crippen LogP contribution >= 0.6 is 0 Å². The van der Waals surface area contributed by atoms with E-state index < -0.39 is 0 Å². The average Bonchev–Trinajstić information content (AvgIpc) is 3.21. The van der Waals surface area contributed by atoms with Gasteiger partial charge in [0.1, 0.15) is 0 Å². The Balaban J connectivity index is 1.74. The summed E-state index contributed by atoms with van der Waals surface area (Å²) >= 11 is 0. The van der Waals surface area contributed by atoms with Crippen molar-refractivity contribution in [3.63, 3.8) is 0 Å². The molecule has 1 aliphatic carbocycles. The van der Waals surface area contributed by atoms with Crippen LogP contribution in [-0.2, 0) is 4.79 Å². The molecule has 0 radical (unpaired) electrons. The SMILES string of the molecule is C[C@@H]1C[C@H]1C(=O)NNC(=O)c1cccc2cccnc12. The van der Waals surface area contributed by atoms with Crippen LogP contribution in [0.15, 0.2) is 36.5 Å². The van der Waals surface area contributed by atoms with Crippen LogP contribution < -0.4 is 10.9 Å². The van der Waals surface area contributed by atoms with Gasteiger partial charge >= 0.3 is 0 Å². The van der Waals surface area contributed by atoms with Crippen molar-refractivity contribution in [2.45, 2.75) is 13.3 Å². The third-order valence-corrected chi connectivity index (χ3v) is 3.62. The fraction of sp³-hybridized carbons (Fsp3) is 0.267. The number of aromatic nitrogens is 1. The molecule has 1 aromatic heterocycles. The topological polar surface area (TPSA) is 71.1 Å². The number of amides is 2. The van der Waals surface area contributed by atoms with Gasteiger partial charge in [-0.25, -0.2) is 0 Å². The molecule has 2 N–H and O–H groups in total. The van der Waals surface area contributed by atoms with Gasteiger partial charge in [-0.15, -0.1) is 0 Å². The predicted molar refractivity (Wildman–Crippen MR) is 74.6 cm³/mol. The summed E-state index contributed by atoms with van der Waals surface area (Å²) in [5, 5.41) is 0.891. The maximum absolute atomic E-state index is 12.1. The van der Waals surface area contributed by atoms with E-state index in [1.165, 1.54) is 0 Å². The average molecular weight is 269 g/mol. The number of nitrogens with one attached hydrogen (secondary N) is 2. The van der Waals surface area contributed by atoms with E-state index in [1.54, 1.807) is 18.3 Å². The van der Waals surface area contributed by atoms with Crippen LogP contribution in [0.2, 0.25) is 0 Å². The van der Waals surface area contributed by atoms with E-state index in [1.807, 2.05) is 25.1 Å². The summed E-state index contributed by atoms with van der Waals surface area (Å²) < 4.78 is 0. The monoisotopic (exact) mass is 269 g/mol. The van der Waals surface area contributed by atoms with Crippen molar-refractivity contribution >= 4 is 22.7 Å². The predicted octanol–water partition coefficient (Wildman–Crippen LogP) is 1.65. The number of carbonyl (C=O) groups is 2. The number of para-hydroxylation sites is 1. The second-order valence-electron chi connectivity index (χ2n) is 5.14. The fourth-order valence-corrected chi connectivity index (χ4v) is 2.25. The van der Waals surface area contributed by atoms with Crippen LogP contribution in [0.4, 0.5) is 0 Å². The molecule has 2 atom stereocenters. The standard InChI is InChI=1S/C15H15N3O2/c1-9-8-12(9)15(20)18-17-14(19)11-6-2-4-10-5-3-7-16-13(10)11/h2-7,9,12H,8H2,1H3,(H,17,19)(H,18,20)/t9-,12-/m1/s1. The minimum Gasteiger partial charge on any atom is -0.273 e. The van der Waals surface area contributed by atoms with Gasteiger partial charge in [-0.1, -0.05) is 25.1 Å². The van der Waals surface area contributed by atoms with E-state index >= 15 is 0 Å². The van der Waals surface area contributed by atoms with Crippen molar-refractivity contribution in [1.29, 1.82) is 0 Å². The van der Waals surface area contributed by atoms with Crippen molar-refractivity contribution in [1.82, 2.24) is 15.8 Å². The lowest BCUT2D eigenvalue weighted by Gasteiger charge is -2.08. The fourth-order valence-electron chi connectivity index (χ4n) is 2.25. The zero-order valence-corrected chi connectivity index (χ0v) is 11.1. The number of nitrogens with zero attached hydrogens (tertiary/aromatic N) is 1. The van der Waals surface area contributed by atoms with Gasteiger partial charge in [0.15, 0.2) is 0 Å². The quantitative estimate of drug-likeness (QED) is 0.814. The molecule has 1 fully saturated rings. The summed E-state index contributed by atoms with van der Waals surface area (Å²) in [7, 11) is 0. The van der Waals surface area contributed by atoms with Crippen LogP contribution in [0.25, 0.3) is 10.9 Å². The van der Waals surface area contributed by atoms with Crippen molar-refractivity contribution in [2.24, 2.45) is 11.8 Å². The van der Waals surface area contributed by atoms with Crippen molar-refractivity contribution in [3.05, 3.63) is 42.1 Å². The highest BCUT2D eigenvalue weighted by Gasteiger charge is 2.39. The molecule has 102 valence electrons. The van der Waals surface area contributed by atoms with E-state index in [0.29, 0.717) is 17.0 Å². The van der Waals surface area contributed by atoms with E-state index in [9.17, 15) is 9.59 Å². The second kappa shape index (κ2) is 4.92. The molecular weight excluding hydrogens is 254 g/mol. The van der Waals surface area contributed by atoms with Crippen molar-refractivity contribution in [2.75, 3.05) is 0 Å². The van der Waals surface area contributed by atoms with Gasteiger partial charge in [-0.2, -0.15) is 0 Å². The molecule has 1 heterocycles. The Morgan fingerprint density at radius 3 is 2.70 bits per heavy atom. The molecule has 1 aliphatic rings. The number of benzene rings is 1. The molecule has 2 aromatic rings. The number of hydrazine groups is 1. The van der Waals surface area contributed by atoms with Crippen LogP contribution in [0.5, 0.6) is 0 Å². The summed E-state index contributed by atoms with van der Waals surface area (Å²) in [6, 6.07) is 9.09. The first-order chi connectivity index (χ1) is 9.66. The number of carbonyl (C=O) groups excluding carboxylic acids is 2. The molecule has 5 heteroatoms. The van der Waals surface area contributed by atoms with Gasteiger partial charge < -0.3 is 0 Å². The van der Waals surface area contributed by atoms with Gasteiger partial charge in [-0.05, 0) is 24.5 Å². The Hall–Kier alpha value is -2.43. The third-order valence-electron chi connectivity index (χ3n) is 3.62. The first-order valence-corrected chi connectivity index (χ1v) is 6.61. The normalized spacial score (nSPS) is 20.4. The van der Waals surface area contributed by atoms with Gasteiger partial charge in [0.25, 0.3) is 5.91 Å². The van der Waals surface area contributed by atoms with E-state index in [2.05, 4.69) is 15.8 Å². The highest BCUT2D eigenvalue weighted by atomic mass is 16.2. The van der Waals surface area contributed by atoms with Crippen molar-refractivity contribution in [3.8, 4) is 0 Å². The Labute approximate surface area is 116 Å². The molecule has 0 unspecified atom stereocenters. The molecule has 5 nitrogen and oxygen atoms in total. The summed E-state index contributed by atoms with van der Waals surface area (Å²) in [5.74, 6) is -0.0398. The summed E-state index contributed by atoms with van der Waals surface area (Å²) in [5.41, 5.74) is 6.00. The number of pyridine rings is 1. The Bertz CT molecular complexity index is 678. The molecular formula is C15H15N3O2. The smallest absolute Gasteiger partial charge is 0.271 e. The van der Waals surface area contributed by atoms with Crippen LogP contribution in [0, 0.1) is 11.8 Å². The largest absolute Gasteiger partial charge is 0.273 e. The maximum Gasteiger partial charge on any atom is 0.271 e. The lowest BCUT2D eigenvalue weighted by Crippen LogP contribution is -2.42. The minimum absolute atomic E-state index is 0.0287. The first kappa shape index (κ1) is 12.6. The molecule has 1 saturated carbocycles. The minimum atomic E-state index is -0.351. The Kier molecular flexibility index (Phi) is 3.10. The Morgan fingerprint density at radius 2 is 1.95 bits per heavy atom. The Morgan fingerprint density at radius 1 is 1.20 bits per heavy atom. The van der Waals surface area contributed by atoms with E-state index in [4.69, 9.17) is 0 Å². The number of fused-ring (bicyclic) bond motifs is 1. The lowest BCUT2D eigenvalue weighted by molar-refractivity contribution is -0.123. The lowest BCUT2D eigenvalue weighted by atomic mass is 10.1. The van der Waals surface area contributed by atoms with Crippen LogP contribution in [-0.4, -0.2) is 16.8 Å². The maximum atomic E-state index is 12.1. The summed E-state index contributed by atoms with van der Waals surface area (Å²) in [6.07, 6.45) is 2.53. The van der Waals surface area contributed by atoms with Gasteiger partial charge in [0.2, 0.25) is 5.91 Å². The molecule has 3 rings (SSSR count). The molecule has 0 spiro atoms. The zero-order chi connectivity index (χ0) is 14.1. The number of hydrogen-bond donors (Lipinski definition) is 2. The second-order valence-corrected chi connectivity index (χ2v) is 5.14. The molecule has 1 aromatic carbocycles. The molecule has 20 heavy (non-hydrogen) atoms. The van der Waals surface area contributed by atoms with Gasteiger partial charge in [0, 0.05) is 17.5 Å². The molecule has 0 saturated heterocycles. The molecule has 2 amide bonds. The highest BCUT2D eigenvalue weighted by molar-refractivity contribution is 6.05. The van der Waals surface area contributed by atoms with Crippen LogP contribution in [0.1, 0.15) is 23.7 Å². The first-order valence-electron chi connectivity index (χ1n) is 6.61.